The summed E-state index contributed by atoms with van der Waals surface area (Å²) in [6, 6.07) is 14.2. The van der Waals surface area contributed by atoms with Crippen LogP contribution in [0.3, 0.4) is 0 Å². The molecule has 2 unspecified atom stereocenters. The molecule has 0 spiro atoms. The Morgan fingerprint density at radius 1 is 1.27 bits per heavy atom. The van der Waals surface area contributed by atoms with Crippen molar-refractivity contribution < 1.29 is 14.2 Å². The summed E-state index contributed by atoms with van der Waals surface area (Å²) < 4.78 is 17.4. The minimum absolute atomic E-state index is 0.0425. The predicted octanol–water partition coefficient (Wildman–Crippen LogP) is 4.11. The lowest BCUT2D eigenvalue weighted by Gasteiger charge is -2.28. The van der Waals surface area contributed by atoms with Gasteiger partial charge in [0.2, 0.25) is 5.75 Å². The van der Waals surface area contributed by atoms with Gasteiger partial charge in [0.1, 0.15) is 12.7 Å². The molecule has 0 saturated heterocycles. The van der Waals surface area contributed by atoms with Gasteiger partial charge < -0.3 is 24.5 Å². The van der Waals surface area contributed by atoms with Crippen LogP contribution in [0.15, 0.2) is 42.6 Å². The molecule has 2 aromatic carbocycles. The van der Waals surface area contributed by atoms with Crippen molar-refractivity contribution in [1.29, 1.82) is 5.26 Å². The van der Waals surface area contributed by atoms with Gasteiger partial charge in [-0.2, -0.15) is 5.26 Å². The molecule has 1 aliphatic heterocycles. The van der Waals surface area contributed by atoms with E-state index in [1.54, 1.807) is 7.11 Å². The summed E-state index contributed by atoms with van der Waals surface area (Å²) in [6.07, 6.45) is 5.42. The topological polar surface area (TPSA) is 79.3 Å². The highest BCUT2D eigenvalue weighted by atomic mass is 16.6. The van der Waals surface area contributed by atoms with Crippen molar-refractivity contribution in [3.63, 3.8) is 0 Å². The van der Waals surface area contributed by atoms with Crippen molar-refractivity contribution in [1.82, 2.24) is 10.3 Å². The minimum atomic E-state index is -0.0425. The van der Waals surface area contributed by atoms with E-state index < -0.39 is 0 Å². The predicted molar refractivity (Wildman–Crippen MR) is 114 cm³/mol. The number of methoxy groups -OCH3 is 1. The van der Waals surface area contributed by atoms with Crippen molar-refractivity contribution in [3.8, 4) is 23.3 Å². The van der Waals surface area contributed by atoms with Crippen LogP contribution in [0.4, 0.5) is 0 Å². The molecule has 0 bridgehead atoms. The molecule has 3 atom stereocenters. The molecular weight excluding hydrogens is 378 g/mol. The van der Waals surface area contributed by atoms with Crippen LogP contribution < -0.4 is 19.5 Å². The molecule has 30 heavy (non-hydrogen) atoms. The van der Waals surface area contributed by atoms with Crippen LogP contribution in [0.25, 0.3) is 10.9 Å². The Labute approximate surface area is 175 Å². The summed E-state index contributed by atoms with van der Waals surface area (Å²) in [7, 11) is 1.64. The van der Waals surface area contributed by atoms with E-state index in [-0.39, 0.29) is 6.10 Å². The number of para-hydroxylation sites is 1. The van der Waals surface area contributed by atoms with Gasteiger partial charge in [0, 0.05) is 29.7 Å². The molecule has 1 aromatic heterocycles. The molecule has 3 aromatic rings. The lowest BCUT2D eigenvalue weighted by Crippen LogP contribution is -2.41. The molecule has 0 amide bonds. The van der Waals surface area contributed by atoms with Gasteiger partial charge in [-0.15, -0.1) is 0 Å². The maximum absolute atomic E-state index is 9.22. The highest BCUT2D eigenvalue weighted by Crippen LogP contribution is 2.41. The van der Waals surface area contributed by atoms with Gasteiger partial charge in [-0.1, -0.05) is 6.07 Å². The molecule has 1 aliphatic carbocycles. The van der Waals surface area contributed by atoms with E-state index in [0.717, 1.165) is 37.1 Å². The third kappa shape index (κ3) is 3.46. The second-order valence-electron chi connectivity index (χ2n) is 8.07. The fourth-order valence-corrected chi connectivity index (χ4v) is 4.67. The number of benzene rings is 2. The maximum Gasteiger partial charge on any atom is 0.204 e. The Bertz CT molecular complexity index is 1090. The van der Waals surface area contributed by atoms with Gasteiger partial charge in [0.05, 0.1) is 18.7 Å². The van der Waals surface area contributed by atoms with E-state index in [1.165, 1.54) is 10.9 Å². The van der Waals surface area contributed by atoms with Gasteiger partial charge in [0.15, 0.2) is 11.5 Å². The van der Waals surface area contributed by atoms with Crippen LogP contribution in [0.1, 0.15) is 36.3 Å². The van der Waals surface area contributed by atoms with Crippen LogP contribution in [0.2, 0.25) is 0 Å². The zero-order valence-corrected chi connectivity index (χ0v) is 17.0. The maximum atomic E-state index is 9.22. The Hall–Kier alpha value is -3.17. The van der Waals surface area contributed by atoms with Crippen LogP contribution in [0.5, 0.6) is 17.2 Å². The number of nitriles is 1. The zero-order valence-electron chi connectivity index (χ0n) is 17.0. The second kappa shape index (κ2) is 7.92. The summed E-state index contributed by atoms with van der Waals surface area (Å²) in [6.45, 7) is 1.27. The van der Waals surface area contributed by atoms with Gasteiger partial charge in [-0.25, -0.2) is 0 Å². The van der Waals surface area contributed by atoms with E-state index in [4.69, 9.17) is 14.2 Å². The first-order chi connectivity index (χ1) is 14.7. The van der Waals surface area contributed by atoms with Crippen LogP contribution in [-0.4, -0.2) is 37.4 Å². The molecule has 6 heteroatoms. The number of hydrogen-bond donors (Lipinski definition) is 2. The number of aromatic nitrogens is 1. The highest BCUT2D eigenvalue weighted by Gasteiger charge is 2.29. The summed E-state index contributed by atoms with van der Waals surface area (Å²) >= 11 is 0. The van der Waals surface area contributed by atoms with Gasteiger partial charge in [-0.05, 0) is 61.1 Å². The molecule has 2 N–H and O–H groups in total. The standard InChI is InChI=1S/C24H25N3O3/c1-28-22-3-2-4-23-24(22)30-18(14-29-23)12-26-17-7-6-16(10-17)20-13-27-21-8-5-15(11-25)9-19(20)21/h2-5,8-9,13,16-18,26-27H,6-7,10,12,14H2,1H3/t16?,17?,18-/m0/s1. The lowest BCUT2D eigenvalue weighted by molar-refractivity contribution is 0.0844. The number of fused-ring (bicyclic) bond motifs is 2. The fourth-order valence-electron chi connectivity index (χ4n) is 4.67. The monoisotopic (exact) mass is 403 g/mol. The van der Waals surface area contributed by atoms with Crippen LogP contribution in [-0.2, 0) is 0 Å². The highest BCUT2D eigenvalue weighted by molar-refractivity contribution is 5.85. The molecule has 5 rings (SSSR count). The summed E-state index contributed by atoms with van der Waals surface area (Å²) in [5, 5.41) is 14.1. The first-order valence-electron chi connectivity index (χ1n) is 10.5. The largest absolute Gasteiger partial charge is 0.493 e. The molecule has 1 saturated carbocycles. The van der Waals surface area contributed by atoms with Crippen molar-refractivity contribution in [3.05, 3.63) is 53.7 Å². The molecule has 0 radical (unpaired) electrons. The molecule has 1 fully saturated rings. The van der Waals surface area contributed by atoms with Gasteiger partial charge in [0.25, 0.3) is 0 Å². The fraction of sp³-hybridized carbons (Fsp3) is 0.375. The molecule has 2 aliphatic rings. The Kier molecular flexibility index (Phi) is 4.97. The van der Waals surface area contributed by atoms with Crippen molar-refractivity contribution >= 4 is 10.9 Å². The van der Waals surface area contributed by atoms with Crippen molar-refractivity contribution in [2.45, 2.75) is 37.3 Å². The van der Waals surface area contributed by atoms with Gasteiger partial charge in [-0.3, -0.25) is 0 Å². The second-order valence-corrected chi connectivity index (χ2v) is 8.07. The van der Waals surface area contributed by atoms with Crippen LogP contribution >= 0.6 is 0 Å². The normalized spacial score (nSPS) is 22.7. The Morgan fingerprint density at radius 2 is 2.20 bits per heavy atom. The summed E-state index contributed by atoms with van der Waals surface area (Å²) in [5.41, 5.74) is 3.13. The SMILES string of the molecule is COc1cccc2c1O[C@@H](CNC1CCC(c3c[nH]c4ccc(C#N)cc34)C1)CO2. The lowest BCUT2D eigenvalue weighted by atomic mass is 9.96. The van der Waals surface area contributed by atoms with Crippen molar-refractivity contribution in [2.24, 2.45) is 0 Å². The number of nitrogens with zero attached hydrogens (tertiary/aromatic N) is 1. The number of aromatic amines is 1. The first kappa shape index (κ1) is 18.8. The Morgan fingerprint density at radius 3 is 3.07 bits per heavy atom. The van der Waals surface area contributed by atoms with Gasteiger partial charge >= 0.3 is 0 Å². The molecule has 154 valence electrons. The number of nitrogens with one attached hydrogen (secondary N) is 2. The zero-order chi connectivity index (χ0) is 20.5. The number of ether oxygens (including phenoxy) is 3. The van der Waals surface area contributed by atoms with E-state index >= 15 is 0 Å². The smallest absolute Gasteiger partial charge is 0.204 e. The first-order valence-corrected chi connectivity index (χ1v) is 10.5. The van der Waals surface area contributed by atoms with E-state index in [9.17, 15) is 5.26 Å². The summed E-state index contributed by atoms with van der Waals surface area (Å²) in [4.78, 5) is 3.36. The minimum Gasteiger partial charge on any atom is -0.493 e. The third-order valence-corrected chi connectivity index (χ3v) is 6.22. The van der Waals surface area contributed by atoms with E-state index in [2.05, 4.69) is 22.6 Å². The quantitative estimate of drug-likeness (QED) is 0.670. The average Bonchev–Trinajstić information content (AvgIpc) is 3.43. The molecule has 6 nitrogen and oxygen atoms in total. The number of rotatable bonds is 5. The van der Waals surface area contributed by atoms with E-state index in [1.807, 2.05) is 36.4 Å². The Balaban J connectivity index is 1.21. The number of H-pyrrole nitrogens is 1. The van der Waals surface area contributed by atoms with Crippen LogP contribution in [0, 0.1) is 11.3 Å². The van der Waals surface area contributed by atoms with E-state index in [0.29, 0.717) is 35.6 Å². The molecular formula is C24H25N3O3. The summed E-state index contributed by atoms with van der Waals surface area (Å²) in [5.74, 6) is 2.63. The number of hydrogen-bond acceptors (Lipinski definition) is 5. The average molecular weight is 403 g/mol. The van der Waals surface area contributed by atoms with Crippen molar-refractivity contribution in [2.75, 3.05) is 20.3 Å². The third-order valence-electron chi connectivity index (χ3n) is 6.22. The molecule has 2 heterocycles.